The summed E-state index contributed by atoms with van der Waals surface area (Å²) in [6.07, 6.45) is 18.2. The Morgan fingerprint density at radius 3 is 2.76 bits per heavy atom. The molecule has 0 unspecified atom stereocenters. The van der Waals surface area contributed by atoms with Crippen molar-refractivity contribution in [3.05, 3.63) is 24.3 Å². The summed E-state index contributed by atoms with van der Waals surface area (Å²) >= 11 is 0. The predicted molar refractivity (Wildman–Crippen MR) is 84.0 cm³/mol. The van der Waals surface area contributed by atoms with Gasteiger partial charge in [-0.2, -0.15) is 0 Å². The van der Waals surface area contributed by atoms with Crippen LogP contribution in [0.15, 0.2) is 24.3 Å². The maximum Gasteiger partial charge on any atom is 0.306 e. The molecule has 0 saturated carbocycles. The van der Waals surface area contributed by atoms with E-state index in [1.165, 1.54) is 12.8 Å². The van der Waals surface area contributed by atoms with Crippen LogP contribution in [0.1, 0.15) is 64.7 Å². The quantitative estimate of drug-likeness (QED) is 0.430. The monoisotopic (exact) mass is 292 g/mol. The summed E-state index contributed by atoms with van der Waals surface area (Å²) < 4.78 is 11.1. The number of ether oxygens (including phenoxy) is 2. The fraction of sp³-hybridized carbons (Fsp3) is 0.722. The number of esters is 1. The molecule has 0 spiro atoms. The average molecular weight is 292 g/mol. The fourth-order valence-corrected chi connectivity index (χ4v) is 2.71. The molecule has 3 atom stereocenters. The maximum atomic E-state index is 11.7. The van der Waals surface area contributed by atoms with E-state index in [0.717, 1.165) is 38.5 Å². The standard InChI is InChI=1S/C18H28O3/c1-2-3-7-11-16-17(21-16)14-13-15-10-8-5-4-6-9-12-18(19)20-15/h3,7,13-17H,2,4-6,8-12H2,1H3/b7-3-,14-13+/t15-,16-,17+/m1/s1. The van der Waals surface area contributed by atoms with Gasteiger partial charge in [-0.25, -0.2) is 0 Å². The Morgan fingerprint density at radius 2 is 1.90 bits per heavy atom. The Hall–Kier alpha value is -1.09. The Morgan fingerprint density at radius 1 is 1.10 bits per heavy atom. The zero-order chi connectivity index (χ0) is 14.9. The molecule has 0 N–H and O–H groups in total. The topological polar surface area (TPSA) is 38.8 Å². The van der Waals surface area contributed by atoms with Crippen LogP contribution in [-0.4, -0.2) is 24.3 Å². The molecule has 0 amide bonds. The zero-order valence-electron chi connectivity index (χ0n) is 13.1. The first-order valence-corrected chi connectivity index (χ1v) is 8.48. The lowest BCUT2D eigenvalue weighted by molar-refractivity contribution is -0.147. The van der Waals surface area contributed by atoms with Gasteiger partial charge >= 0.3 is 5.97 Å². The summed E-state index contributed by atoms with van der Waals surface area (Å²) in [6.45, 7) is 2.13. The Bertz CT molecular complexity index is 373. The van der Waals surface area contributed by atoms with Crippen molar-refractivity contribution in [2.24, 2.45) is 0 Å². The highest BCUT2D eigenvalue weighted by molar-refractivity contribution is 5.69. The Labute approximate surface area is 128 Å². The van der Waals surface area contributed by atoms with Crippen LogP contribution in [0, 0.1) is 0 Å². The van der Waals surface area contributed by atoms with Crippen LogP contribution in [0.5, 0.6) is 0 Å². The minimum absolute atomic E-state index is 0.0503. The molecular formula is C18H28O3. The second kappa shape index (κ2) is 9.04. The molecule has 2 saturated heterocycles. The summed E-state index contributed by atoms with van der Waals surface area (Å²) in [5.74, 6) is -0.0503. The van der Waals surface area contributed by atoms with Crippen molar-refractivity contribution in [1.29, 1.82) is 0 Å². The van der Waals surface area contributed by atoms with Crippen molar-refractivity contribution < 1.29 is 14.3 Å². The van der Waals surface area contributed by atoms with Crippen molar-refractivity contribution in [1.82, 2.24) is 0 Å². The van der Waals surface area contributed by atoms with E-state index in [-0.39, 0.29) is 18.2 Å². The number of carbonyl (C=O) groups is 1. The predicted octanol–water partition coefficient (Wildman–Crippen LogP) is 4.32. The number of hydrogen-bond donors (Lipinski definition) is 0. The van der Waals surface area contributed by atoms with Gasteiger partial charge < -0.3 is 9.47 Å². The lowest BCUT2D eigenvalue weighted by Gasteiger charge is -2.16. The second-order valence-electron chi connectivity index (χ2n) is 5.97. The second-order valence-corrected chi connectivity index (χ2v) is 5.97. The third-order valence-electron chi connectivity index (χ3n) is 4.06. The van der Waals surface area contributed by atoms with Crippen LogP contribution in [0.3, 0.4) is 0 Å². The van der Waals surface area contributed by atoms with Gasteiger partial charge in [0.1, 0.15) is 12.2 Å². The van der Waals surface area contributed by atoms with E-state index in [2.05, 4.69) is 25.2 Å². The first kappa shape index (κ1) is 16.3. The molecule has 0 aliphatic carbocycles. The highest BCUT2D eigenvalue weighted by Gasteiger charge is 2.35. The van der Waals surface area contributed by atoms with Gasteiger partial charge in [-0.05, 0) is 38.2 Å². The number of allylic oxidation sites excluding steroid dienone is 1. The van der Waals surface area contributed by atoms with E-state index in [4.69, 9.17) is 9.47 Å². The van der Waals surface area contributed by atoms with Gasteiger partial charge in [-0.15, -0.1) is 0 Å². The van der Waals surface area contributed by atoms with Crippen LogP contribution in [-0.2, 0) is 14.3 Å². The third-order valence-corrected chi connectivity index (χ3v) is 4.06. The van der Waals surface area contributed by atoms with Crippen LogP contribution >= 0.6 is 0 Å². The number of hydrogen-bond acceptors (Lipinski definition) is 3. The molecule has 2 rings (SSSR count). The molecule has 0 aromatic carbocycles. The minimum atomic E-state index is -0.0633. The molecule has 0 aromatic rings. The molecule has 3 nitrogen and oxygen atoms in total. The van der Waals surface area contributed by atoms with Gasteiger partial charge in [0.15, 0.2) is 0 Å². The van der Waals surface area contributed by atoms with Crippen molar-refractivity contribution in [2.45, 2.75) is 83.0 Å². The minimum Gasteiger partial charge on any atom is -0.458 e. The molecule has 21 heavy (non-hydrogen) atoms. The first-order valence-electron chi connectivity index (χ1n) is 8.48. The summed E-state index contributed by atoms with van der Waals surface area (Å²) in [7, 11) is 0. The lowest BCUT2D eigenvalue weighted by atomic mass is 10.0. The van der Waals surface area contributed by atoms with Gasteiger partial charge in [0.05, 0.1) is 6.10 Å². The molecule has 3 heteroatoms. The third kappa shape index (κ3) is 6.47. The molecule has 0 bridgehead atoms. The van der Waals surface area contributed by atoms with E-state index in [1.807, 2.05) is 6.08 Å². The van der Waals surface area contributed by atoms with Crippen LogP contribution in [0.25, 0.3) is 0 Å². The van der Waals surface area contributed by atoms with E-state index >= 15 is 0 Å². The van der Waals surface area contributed by atoms with Crippen molar-refractivity contribution >= 4 is 5.97 Å². The normalized spacial score (nSPS) is 31.5. The van der Waals surface area contributed by atoms with Crippen molar-refractivity contribution in [2.75, 3.05) is 0 Å². The molecule has 118 valence electrons. The molecule has 2 heterocycles. The van der Waals surface area contributed by atoms with E-state index in [0.29, 0.717) is 12.5 Å². The van der Waals surface area contributed by atoms with E-state index < -0.39 is 0 Å². The van der Waals surface area contributed by atoms with Gasteiger partial charge in [0.25, 0.3) is 0 Å². The maximum absolute atomic E-state index is 11.7. The Balaban J connectivity index is 1.75. The van der Waals surface area contributed by atoms with Gasteiger partial charge in [-0.3, -0.25) is 4.79 Å². The molecular weight excluding hydrogens is 264 g/mol. The first-order chi connectivity index (χ1) is 10.3. The fourth-order valence-electron chi connectivity index (χ4n) is 2.71. The largest absolute Gasteiger partial charge is 0.458 e. The summed E-state index contributed by atoms with van der Waals surface area (Å²) in [5.41, 5.74) is 0. The van der Waals surface area contributed by atoms with Gasteiger partial charge in [0, 0.05) is 6.42 Å². The SMILES string of the molecule is CC/C=C\C[C@H]1O[C@H]1/C=C/[C@H]1CCCCCCCC(=O)O1. The van der Waals surface area contributed by atoms with E-state index in [1.54, 1.807) is 0 Å². The summed E-state index contributed by atoms with van der Waals surface area (Å²) in [6, 6.07) is 0. The molecule has 0 radical (unpaired) electrons. The Kier molecular flexibility index (Phi) is 7.01. The number of rotatable bonds is 5. The van der Waals surface area contributed by atoms with Crippen molar-refractivity contribution in [3.63, 3.8) is 0 Å². The number of carbonyl (C=O) groups excluding carboxylic acids is 1. The highest BCUT2D eigenvalue weighted by atomic mass is 16.6. The number of cyclic esters (lactones) is 1. The van der Waals surface area contributed by atoms with E-state index in [9.17, 15) is 4.79 Å². The molecule has 2 aliphatic rings. The van der Waals surface area contributed by atoms with Crippen LogP contribution < -0.4 is 0 Å². The summed E-state index contributed by atoms with van der Waals surface area (Å²) in [4.78, 5) is 11.7. The van der Waals surface area contributed by atoms with Crippen molar-refractivity contribution in [3.8, 4) is 0 Å². The van der Waals surface area contributed by atoms with Gasteiger partial charge in [-0.1, -0.05) is 44.4 Å². The zero-order valence-corrected chi connectivity index (χ0v) is 13.1. The molecule has 0 aromatic heterocycles. The lowest BCUT2D eigenvalue weighted by Crippen LogP contribution is -2.17. The molecule has 2 aliphatic heterocycles. The van der Waals surface area contributed by atoms with Crippen LogP contribution in [0.4, 0.5) is 0 Å². The molecule has 2 fully saturated rings. The summed E-state index contributed by atoms with van der Waals surface area (Å²) in [5, 5.41) is 0. The highest BCUT2D eigenvalue weighted by Crippen LogP contribution is 2.27. The number of epoxide rings is 1. The van der Waals surface area contributed by atoms with Gasteiger partial charge in [0.2, 0.25) is 0 Å². The average Bonchev–Trinajstić information content (AvgIpc) is 3.22. The smallest absolute Gasteiger partial charge is 0.306 e. The van der Waals surface area contributed by atoms with Crippen LogP contribution in [0.2, 0.25) is 0 Å².